The number of aromatic hydroxyl groups is 1. The highest BCUT2D eigenvalue weighted by Gasteiger charge is 2.19. The third-order valence-electron chi connectivity index (χ3n) is 4.08. The van der Waals surface area contributed by atoms with Gasteiger partial charge < -0.3 is 10.4 Å². The van der Waals surface area contributed by atoms with Gasteiger partial charge in [0.15, 0.2) is 0 Å². The van der Waals surface area contributed by atoms with Crippen molar-refractivity contribution in [3.05, 3.63) is 29.6 Å². The van der Waals surface area contributed by atoms with Gasteiger partial charge in [-0.05, 0) is 49.3 Å². The smallest absolute Gasteiger partial charge is 0.127 e. The van der Waals surface area contributed by atoms with Crippen LogP contribution in [0.25, 0.3) is 0 Å². The molecule has 0 saturated heterocycles. The first-order valence-electron chi connectivity index (χ1n) is 7.39. The summed E-state index contributed by atoms with van der Waals surface area (Å²) in [5.74, 6) is 0.535. The van der Waals surface area contributed by atoms with Gasteiger partial charge in [0, 0.05) is 18.7 Å². The molecular formula is C16H24FNO. The van der Waals surface area contributed by atoms with E-state index in [0.29, 0.717) is 12.6 Å². The molecule has 2 N–H and O–H groups in total. The van der Waals surface area contributed by atoms with Gasteiger partial charge in [-0.25, -0.2) is 4.39 Å². The minimum atomic E-state index is -0.372. The van der Waals surface area contributed by atoms with E-state index in [4.69, 9.17) is 0 Å². The summed E-state index contributed by atoms with van der Waals surface area (Å²) in [5.41, 5.74) is 0.813. The van der Waals surface area contributed by atoms with E-state index in [1.807, 2.05) is 0 Å². The van der Waals surface area contributed by atoms with Gasteiger partial charge in [-0.3, -0.25) is 0 Å². The van der Waals surface area contributed by atoms with Crippen molar-refractivity contribution in [2.24, 2.45) is 5.92 Å². The van der Waals surface area contributed by atoms with Gasteiger partial charge in [0.1, 0.15) is 11.6 Å². The summed E-state index contributed by atoms with van der Waals surface area (Å²) in [6, 6.07) is 4.78. The van der Waals surface area contributed by atoms with Crippen molar-refractivity contribution < 1.29 is 9.50 Å². The summed E-state index contributed by atoms with van der Waals surface area (Å²) in [4.78, 5) is 0. The van der Waals surface area contributed by atoms with Crippen molar-refractivity contribution in [1.29, 1.82) is 0 Å². The molecule has 1 aromatic carbocycles. The number of halogens is 1. The zero-order valence-corrected chi connectivity index (χ0v) is 11.7. The highest BCUT2D eigenvalue weighted by molar-refractivity contribution is 5.28. The fourth-order valence-corrected chi connectivity index (χ4v) is 3.06. The van der Waals surface area contributed by atoms with Crippen molar-refractivity contribution in [2.75, 3.05) is 0 Å². The summed E-state index contributed by atoms with van der Waals surface area (Å²) >= 11 is 0. The molecule has 106 valence electrons. The topological polar surface area (TPSA) is 32.3 Å². The Labute approximate surface area is 115 Å². The lowest BCUT2D eigenvalue weighted by Crippen LogP contribution is -2.32. The number of rotatable bonds is 5. The molecule has 0 heterocycles. The Hall–Kier alpha value is -1.09. The van der Waals surface area contributed by atoms with E-state index >= 15 is 0 Å². The van der Waals surface area contributed by atoms with Gasteiger partial charge in [-0.2, -0.15) is 0 Å². The van der Waals surface area contributed by atoms with Crippen molar-refractivity contribution in [2.45, 2.75) is 58.0 Å². The van der Waals surface area contributed by atoms with Crippen molar-refractivity contribution in [3.8, 4) is 5.75 Å². The molecule has 1 saturated carbocycles. The Morgan fingerprint density at radius 2 is 1.95 bits per heavy atom. The van der Waals surface area contributed by atoms with E-state index in [2.05, 4.69) is 12.2 Å². The minimum Gasteiger partial charge on any atom is -0.508 e. The molecule has 1 fully saturated rings. The molecule has 0 unspecified atom stereocenters. The SMILES string of the molecule is CCCC1CCC(NCc2cc(O)cc(F)c2)CC1. The number of benzene rings is 1. The predicted octanol–water partition coefficient (Wildman–Crippen LogP) is 3.98. The summed E-state index contributed by atoms with van der Waals surface area (Å²) in [5, 5.41) is 12.8. The van der Waals surface area contributed by atoms with Gasteiger partial charge in [-0.1, -0.05) is 19.8 Å². The number of phenolic OH excluding ortho intramolecular Hbond substituents is 1. The highest BCUT2D eigenvalue weighted by atomic mass is 19.1. The van der Waals surface area contributed by atoms with Crippen molar-refractivity contribution >= 4 is 0 Å². The zero-order valence-electron chi connectivity index (χ0n) is 11.7. The number of phenols is 1. The van der Waals surface area contributed by atoms with Crippen molar-refractivity contribution in [1.82, 2.24) is 5.32 Å². The fraction of sp³-hybridized carbons (Fsp3) is 0.625. The zero-order chi connectivity index (χ0) is 13.7. The first-order chi connectivity index (χ1) is 9.17. The van der Waals surface area contributed by atoms with E-state index in [1.165, 1.54) is 44.6 Å². The van der Waals surface area contributed by atoms with Crippen LogP contribution in [0.1, 0.15) is 51.0 Å². The monoisotopic (exact) mass is 265 g/mol. The Bertz CT molecular complexity index is 379. The maximum Gasteiger partial charge on any atom is 0.127 e. The van der Waals surface area contributed by atoms with Crippen LogP contribution in [0, 0.1) is 11.7 Å². The molecular weight excluding hydrogens is 241 g/mol. The van der Waals surface area contributed by atoms with E-state index < -0.39 is 0 Å². The molecule has 0 aliphatic heterocycles. The molecule has 2 rings (SSSR count). The normalized spacial score (nSPS) is 23.5. The predicted molar refractivity (Wildman–Crippen MR) is 75.6 cm³/mol. The Morgan fingerprint density at radius 1 is 1.21 bits per heavy atom. The summed E-state index contributed by atoms with van der Waals surface area (Å²) < 4.78 is 13.1. The van der Waals surface area contributed by atoms with Gasteiger partial charge >= 0.3 is 0 Å². The Kier molecular flexibility index (Phi) is 5.20. The molecule has 2 nitrogen and oxygen atoms in total. The van der Waals surface area contributed by atoms with Crippen LogP contribution in [0.15, 0.2) is 18.2 Å². The average molecular weight is 265 g/mol. The third kappa shape index (κ3) is 4.50. The lowest BCUT2D eigenvalue weighted by atomic mass is 9.83. The van der Waals surface area contributed by atoms with Crippen molar-refractivity contribution in [3.63, 3.8) is 0 Å². The molecule has 0 atom stereocenters. The Balaban J connectivity index is 1.77. The minimum absolute atomic E-state index is 0.00320. The van der Waals surface area contributed by atoms with Gasteiger partial charge in [0.05, 0.1) is 0 Å². The van der Waals surface area contributed by atoms with Crippen LogP contribution in [0.4, 0.5) is 4.39 Å². The molecule has 0 spiro atoms. The quantitative estimate of drug-likeness (QED) is 0.844. The van der Waals surface area contributed by atoms with Gasteiger partial charge in [0.2, 0.25) is 0 Å². The van der Waals surface area contributed by atoms with Crippen LogP contribution in [0.3, 0.4) is 0 Å². The molecule has 0 radical (unpaired) electrons. The molecule has 1 aromatic rings. The molecule has 0 bridgehead atoms. The fourth-order valence-electron chi connectivity index (χ4n) is 3.06. The maximum atomic E-state index is 13.1. The van der Waals surface area contributed by atoms with Gasteiger partial charge in [-0.15, -0.1) is 0 Å². The van der Waals surface area contributed by atoms with E-state index in [-0.39, 0.29) is 11.6 Å². The average Bonchev–Trinajstić information content (AvgIpc) is 2.37. The summed E-state index contributed by atoms with van der Waals surface area (Å²) in [6.07, 6.45) is 7.67. The van der Waals surface area contributed by atoms with Crippen LogP contribution in [0.5, 0.6) is 5.75 Å². The third-order valence-corrected chi connectivity index (χ3v) is 4.08. The van der Waals surface area contributed by atoms with E-state index in [0.717, 1.165) is 17.5 Å². The largest absolute Gasteiger partial charge is 0.508 e. The number of hydrogen-bond acceptors (Lipinski definition) is 2. The first-order valence-corrected chi connectivity index (χ1v) is 7.39. The van der Waals surface area contributed by atoms with E-state index in [9.17, 15) is 9.50 Å². The molecule has 1 aliphatic rings. The van der Waals surface area contributed by atoms with Crippen LogP contribution in [-0.4, -0.2) is 11.1 Å². The lowest BCUT2D eigenvalue weighted by molar-refractivity contribution is 0.277. The Morgan fingerprint density at radius 3 is 2.58 bits per heavy atom. The standard InChI is InChI=1S/C16H24FNO/c1-2-3-12-4-6-15(7-5-12)18-11-13-8-14(17)10-16(19)9-13/h8-10,12,15,18-19H,2-7,11H2,1H3. The second-order valence-corrected chi connectivity index (χ2v) is 5.70. The maximum absolute atomic E-state index is 13.1. The highest BCUT2D eigenvalue weighted by Crippen LogP contribution is 2.28. The summed E-state index contributed by atoms with van der Waals surface area (Å²) in [6.45, 7) is 2.88. The molecule has 19 heavy (non-hydrogen) atoms. The van der Waals surface area contributed by atoms with Crippen LogP contribution >= 0.6 is 0 Å². The molecule has 3 heteroatoms. The van der Waals surface area contributed by atoms with Crippen LogP contribution in [-0.2, 0) is 6.54 Å². The number of nitrogens with one attached hydrogen (secondary N) is 1. The molecule has 1 aliphatic carbocycles. The molecule has 0 aromatic heterocycles. The van der Waals surface area contributed by atoms with Crippen LogP contribution < -0.4 is 5.32 Å². The second-order valence-electron chi connectivity index (χ2n) is 5.70. The molecule has 0 amide bonds. The second kappa shape index (κ2) is 6.90. The van der Waals surface area contributed by atoms with Crippen LogP contribution in [0.2, 0.25) is 0 Å². The van der Waals surface area contributed by atoms with E-state index in [1.54, 1.807) is 6.07 Å². The first kappa shape index (κ1) is 14.3. The van der Waals surface area contributed by atoms with Gasteiger partial charge in [0.25, 0.3) is 0 Å². The number of hydrogen-bond donors (Lipinski definition) is 2. The lowest BCUT2D eigenvalue weighted by Gasteiger charge is -2.29. The summed E-state index contributed by atoms with van der Waals surface area (Å²) in [7, 11) is 0.